The molecule has 1 aromatic heterocycles. The Kier molecular flexibility index (Phi) is 5.54. The van der Waals surface area contributed by atoms with Gasteiger partial charge in [0.05, 0.1) is 10.6 Å². The van der Waals surface area contributed by atoms with Crippen molar-refractivity contribution >= 4 is 22.5 Å². The third-order valence-electron chi connectivity index (χ3n) is 5.05. The first-order valence-electron chi connectivity index (χ1n) is 8.92. The van der Waals surface area contributed by atoms with Gasteiger partial charge in [-0.05, 0) is 74.0 Å². The number of hydrogen-bond donors (Lipinski definition) is 2. The Balaban J connectivity index is 2.21. The maximum atomic E-state index is 13.3. The van der Waals surface area contributed by atoms with Gasteiger partial charge >= 0.3 is 6.18 Å². The highest BCUT2D eigenvalue weighted by Gasteiger charge is 2.33. The molecule has 0 amide bonds. The Labute approximate surface area is 161 Å². The van der Waals surface area contributed by atoms with E-state index in [1.54, 1.807) is 6.07 Å². The van der Waals surface area contributed by atoms with Crippen LogP contribution in [0.4, 0.5) is 13.2 Å². The van der Waals surface area contributed by atoms with Gasteiger partial charge in [0, 0.05) is 16.6 Å². The minimum Gasteiger partial charge on any atom is -0.354 e. The summed E-state index contributed by atoms with van der Waals surface area (Å²) in [6.45, 7) is 4.63. The van der Waals surface area contributed by atoms with E-state index in [9.17, 15) is 13.2 Å². The molecular weight excluding hydrogens is 373 g/mol. The number of hydrogen-bond acceptors (Lipinski definition) is 1. The molecule has 27 heavy (non-hydrogen) atoms. The van der Waals surface area contributed by atoms with E-state index in [0.29, 0.717) is 12.1 Å². The number of H-pyrrole nitrogens is 1. The first-order chi connectivity index (χ1) is 12.7. The smallest absolute Gasteiger partial charge is 0.354 e. The number of nitrogens with two attached hydrogens (primary N) is 1. The summed E-state index contributed by atoms with van der Waals surface area (Å²) in [6, 6.07) is 8.16. The Hall–Kier alpha value is -1.98. The summed E-state index contributed by atoms with van der Waals surface area (Å²) in [7, 11) is 0. The maximum absolute atomic E-state index is 13.3. The lowest BCUT2D eigenvalue weighted by molar-refractivity contribution is -0.137. The summed E-state index contributed by atoms with van der Waals surface area (Å²) < 4.78 is 39.9. The maximum Gasteiger partial charge on any atom is 0.417 e. The molecule has 1 heterocycles. The molecule has 0 radical (unpaired) electrons. The molecule has 0 aliphatic heterocycles. The second kappa shape index (κ2) is 7.56. The lowest BCUT2D eigenvalue weighted by atomic mass is 9.97. The van der Waals surface area contributed by atoms with E-state index in [2.05, 4.69) is 4.98 Å². The van der Waals surface area contributed by atoms with E-state index in [-0.39, 0.29) is 5.02 Å². The molecule has 2 aromatic carbocycles. The molecule has 144 valence electrons. The van der Waals surface area contributed by atoms with E-state index < -0.39 is 11.7 Å². The van der Waals surface area contributed by atoms with Crippen molar-refractivity contribution in [2.75, 3.05) is 6.54 Å². The van der Waals surface area contributed by atoms with Gasteiger partial charge in [-0.15, -0.1) is 0 Å². The van der Waals surface area contributed by atoms with Crippen LogP contribution >= 0.6 is 11.6 Å². The van der Waals surface area contributed by atoms with Gasteiger partial charge in [0.1, 0.15) is 0 Å². The van der Waals surface area contributed by atoms with Crippen LogP contribution in [0.1, 0.15) is 35.1 Å². The van der Waals surface area contributed by atoms with Crippen molar-refractivity contribution in [3.05, 3.63) is 57.6 Å². The van der Waals surface area contributed by atoms with Gasteiger partial charge < -0.3 is 10.7 Å². The Morgan fingerprint density at radius 3 is 2.48 bits per heavy atom. The van der Waals surface area contributed by atoms with Crippen molar-refractivity contribution < 1.29 is 13.2 Å². The molecule has 0 bridgehead atoms. The second-order valence-corrected chi connectivity index (χ2v) is 7.25. The van der Waals surface area contributed by atoms with Crippen molar-refractivity contribution in [2.45, 2.75) is 39.3 Å². The van der Waals surface area contributed by atoms with E-state index >= 15 is 0 Å². The number of unbranched alkanes of at least 4 members (excludes halogenated alkanes) is 1. The van der Waals surface area contributed by atoms with Crippen molar-refractivity contribution in [3.8, 4) is 11.3 Å². The molecule has 0 saturated carbocycles. The zero-order chi connectivity index (χ0) is 19.8. The quantitative estimate of drug-likeness (QED) is 0.482. The van der Waals surface area contributed by atoms with Crippen molar-refractivity contribution in [2.24, 2.45) is 5.73 Å². The third-order valence-corrected chi connectivity index (χ3v) is 5.38. The Morgan fingerprint density at radius 1 is 1.07 bits per heavy atom. The number of halogens is 4. The summed E-state index contributed by atoms with van der Waals surface area (Å²) in [5, 5.41) is 0.757. The van der Waals surface area contributed by atoms with Gasteiger partial charge in [-0.1, -0.05) is 29.8 Å². The molecule has 0 atom stereocenters. The van der Waals surface area contributed by atoms with Gasteiger partial charge in [0.25, 0.3) is 0 Å². The molecule has 0 aliphatic rings. The normalized spacial score (nSPS) is 12.1. The fraction of sp³-hybridized carbons (Fsp3) is 0.333. The highest BCUT2D eigenvalue weighted by Crippen LogP contribution is 2.39. The SMILES string of the molecule is Cc1ccc2c(CCCCN)c(-c3ccc(Cl)c(C(F)(F)F)c3)[nH]c2c1C. The number of fused-ring (bicyclic) bond motifs is 1. The molecule has 0 aliphatic carbocycles. The highest BCUT2D eigenvalue weighted by atomic mass is 35.5. The summed E-state index contributed by atoms with van der Waals surface area (Å²) in [6.07, 6.45) is -2.00. The first-order valence-corrected chi connectivity index (χ1v) is 9.29. The van der Waals surface area contributed by atoms with Crippen molar-refractivity contribution in [1.29, 1.82) is 0 Å². The second-order valence-electron chi connectivity index (χ2n) is 6.85. The van der Waals surface area contributed by atoms with Crippen LogP contribution < -0.4 is 5.73 Å². The monoisotopic (exact) mass is 394 g/mol. The minimum absolute atomic E-state index is 0.293. The van der Waals surface area contributed by atoms with Gasteiger partial charge in [-0.2, -0.15) is 13.2 Å². The van der Waals surface area contributed by atoms with Crippen LogP contribution in [-0.4, -0.2) is 11.5 Å². The molecule has 0 unspecified atom stereocenters. The number of rotatable bonds is 5. The van der Waals surface area contributed by atoms with Crippen LogP contribution in [0.2, 0.25) is 5.02 Å². The molecule has 0 saturated heterocycles. The van der Waals surface area contributed by atoms with Crippen LogP contribution in [-0.2, 0) is 12.6 Å². The van der Waals surface area contributed by atoms with Crippen LogP contribution in [0.15, 0.2) is 30.3 Å². The third kappa shape index (κ3) is 3.85. The average Bonchev–Trinajstić information content (AvgIpc) is 2.97. The molecule has 3 N–H and O–H groups in total. The van der Waals surface area contributed by atoms with Crippen molar-refractivity contribution in [3.63, 3.8) is 0 Å². The molecule has 3 rings (SSSR count). The van der Waals surface area contributed by atoms with Gasteiger partial charge in [0.2, 0.25) is 0 Å². The number of aromatic nitrogens is 1. The fourth-order valence-electron chi connectivity index (χ4n) is 3.41. The number of aryl methyl sites for hydroxylation is 3. The van der Waals surface area contributed by atoms with Gasteiger partial charge in [-0.25, -0.2) is 0 Å². The predicted octanol–water partition coefficient (Wildman–Crippen LogP) is 6.41. The van der Waals surface area contributed by atoms with Crippen molar-refractivity contribution in [1.82, 2.24) is 4.98 Å². The number of aromatic amines is 1. The summed E-state index contributed by atoms with van der Waals surface area (Å²) in [4.78, 5) is 3.37. The largest absolute Gasteiger partial charge is 0.417 e. The number of nitrogens with one attached hydrogen (secondary N) is 1. The fourth-order valence-corrected chi connectivity index (χ4v) is 3.64. The van der Waals surface area contributed by atoms with Crippen LogP contribution in [0, 0.1) is 13.8 Å². The highest BCUT2D eigenvalue weighted by molar-refractivity contribution is 6.31. The molecular formula is C21H22ClF3N2. The molecule has 6 heteroatoms. The topological polar surface area (TPSA) is 41.8 Å². The number of benzene rings is 2. The lowest BCUT2D eigenvalue weighted by Gasteiger charge is -2.12. The first kappa shape index (κ1) is 19.8. The van der Waals surface area contributed by atoms with Crippen LogP contribution in [0.25, 0.3) is 22.2 Å². The van der Waals surface area contributed by atoms with E-state index in [1.165, 1.54) is 6.07 Å². The van der Waals surface area contributed by atoms with E-state index in [0.717, 1.165) is 58.6 Å². The minimum atomic E-state index is -4.49. The number of alkyl halides is 3. The Bertz CT molecular complexity index is 974. The average molecular weight is 395 g/mol. The van der Waals surface area contributed by atoms with Gasteiger partial charge in [-0.3, -0.25) is 0 Å². The summed E-state index contributed by atoms with van der Waals surface area (Å²) >= 11 is 5.79. The predicted molar refractivity (Wildman–Crippen MR) is 105 cm³/mol. The molecule has 2 nitrogen and oxygen atoms in total. The summed E-state index contributed by atoms with van der Waals surface area (Å²) in [5.41, 5.74) is 10.2. The van der Waals surface area contributed by atoms with Crippen LogP contribution in [0.5, 0.6) is 0 Å². The standard InChI is InChI=1S/C21H22ClF3N2/c1-12-6-8-16-15(5-3-4-10-26)20(27-19(16)13(12)2)14-7-9-18(22)17(11-14)21(23,24)25/h6-9,11,27H,3-5,10,26H2,1-2H3. The van der Waals surface area contributed by atoms with E-state index in [1.807, 2.05) is 26.0 Å². The van der Waals surface area contributed by atoms with Crippen LogP contribution in [0.3, 0.4) is 0 Å². The zero-order valence-corrected chi connectivity index (χ0v) is 16.1. The molecule has 3 aromatic rings. The van der Waals surface area contributed by atoms with Gasteiger partial charge in [0.15, 0.2) is 0 Å². The summed E-state index contributed by atoms with van der Waals surface area (Å²) in [5.74, 6) is 0. The lowest BCUT2D eigenvalue weighted by Crippen LogP contribution is -2.06. The zero-order valence-electron chi connectivity index (χ0n) is 15.3. The molecule has 0 fully saturated rings. The Morgan fingerprint density at radius 2 is 1.81 bits per heavy atom. The van der Waals surface area contributed by atoms with E-state index in [4.69, 9.17) is 17.3 Å². The molecule has 0 spiro atoms.